The van der Waals surface area contributed by atoms with Crippen molar-refractivity contribution in [3.8, 4) is 0 Å². The van der Waals surface area contributed by atoms with E-state index in [2.05, 4.69) is 75.2 Å². The van der Waals surface area contributed by atoms with Crippen LogP contribution < -0.4 is 26.6 Å². The van der Waals surface area contributed by atoms with Gasteiger partial charge in [0.25, 0.3) is 26.2 Å². The number of aliphatic hydroxyl groups is 2. The van der Waals surface area contributed by atoms with Crippen LogP contribution in [-0.4, -0.2) is 154 Å². The van der Waals surface area contributed by atoms with Gasteiger partial charge < -0.3 is 46.3 Å². The molecule has 0 fully saturated rings. The van der Waals surface area contributed by atoms with E-state index in [0.717, 1.165) is 18.1 Å². The zero-order valence-electron chi connectivity index (χ0n) is 32.6. The van der Waals surface area contributed by atoms with Gasteiger partial charge >= 0.3 is 0 Å². The number of nitrogens with one attached hydrogen (secondary N) is 5. The SMILES string of the molecule is O=S(=O)(O)CCNc1nc(NCCOCCO)nc(Nc2ccc(C=Cc3ccc(Nc4nc(N=CCSOOO)nc(NCCOCCO)n4)cc3S(=O)(=O)O)c(SOO)c2)n1. The van der Waals surface area contributed by atoms with Crippen LogP contribution in [0.25, 0.3) is 12.2 Å². The zero-order valence-corrected chi connectivity index (χ0v) is 35.9. The number of aliphatic imine (C=N–C) groups is 1. The van der Waals surface area contributed by atoms with E-state index in [0.29, 0.717) is 28.2 Å². The molecule has 0 radical (unpaired) electrons. The van der Waals surface area contributed by atoms with Crippen LogP contribution in [0, 0.1) is 0 Å². The van der Waals surface area contributed by atoms with Crippen molar-refractivity contribution >= 4 is 110 Å². The van der Waals surface area contributed by atoms with Gasteiger partial charge in [-0.15, -0.1) is 4.33 Å². The van der Waals surface area contributed by atoms with Gasteiger partial charge in [0.1, 0.15) is 4.90 Å². The molecule has 31 heteroatoms. The van der Waals surface area contributed by atoms with Crippen molar-refractivity contribution in [2.45, 2.75) is 9.79 Å². The van der Waals surface area contributed by atoms with Crippen molar-refractivity contribution in [1.29, 1.82) is 0 Å². The molecule has 2 aromatic heterocycles. The summed E-state index contributed by atoms with van der Waals surface area (Å²) < 4.78 is 86.1. The summed E-state index contributed by atoms with van der Waals surface area (Å²) >= 11 is 1.27. The predicted molar refractivity (Wildman–Crippen MR) is 231 cm³/mol. The lowest BCUT2D eigenvalue weighted by Crippen LogP contribution is -2.18. The largest absolute Gasteiger partial charge is 0.394 e. The van der Waals surface area contributed by atoms with E-state index < -0.39 is 30.9 Å². The number of nitrogens with zero attached hydrogens (tertiary/aromatic N) is 7. The molecule has 0 bridgehead atoms. The summed E-state index contributed by atoms with van der Waals surface area (Å²) in [6.45, 7) is 0.593. The zero-order chi connectivity index (χ0) is 45.5. The summed E-state index contributed by atoms with van der Waals surface area (Å²) in [5.41, 5.74) is 0.999. The van der Waals surface area contributed by atoms with Gasteiger partial charge in [0, 0.05) is 54.2 Å². The van der Waals surface area contributed by atoms with Gasteiger partial charge in [0.15, 0.2) is 0 Å². The summed E-state index contributed by atoms with van der Waals surface area (Å²) in [4.78, 5) is 29.3. The highest BCUT2D eigenvalue weighted by molar-refractivity contribution is 7.95. The third-order valence-electron chi connectivity index (χ3n) is 7.25. The van der Waals surface area contributed by atoms with Crippen molar-refractivity contribution in [2.24, 2.45) is 4.99 Å². The first-order valence-corrected chi connectivity index (χ1v) is 22.6. The van der Waals surface area contributed by atoms with Crippen LogP contribution >= 0.6 is 24.1 Å². The number of aliphatic hydroxyl groups excluding tert-OH is 2. The Morgan fingerprint density at radius 2 is 1.22 bits per heavy atom. The molecule has 0 atom stereocenters. The lowest BCUT2D eigenvalue weighted by Gasteiger charge is -2.13. The molecule has 63 heavy (non-hydrogen) atoms. The molecule has 0 saturated carbocycles. The van der Waals surface area contributed by atoms with E-state index in [1.54, 1.807) is 12.1 Å². The minimum atomic E-state index is -4.82. The van der Waals surface area contributed by atoms with Crippen LogP contribution in [0.5, 0.6) is 0 Å². The van der Waals surface area contributed by atoms with Crippen LogP contribution in [0.4, 0.5) is 47.1 Å². The van der Waals surface area contributed by atoms with Crippen LogP contribution in [0.1, 0.15) is 11.1 Å². The molecular formula is C32H42N12O15S4. The van der Waals surface area contributed by atoms with Crippen molar-refractivity contribution in [1.82, 2.24) is 29.9 Å². The number of benzene rings is 2. The Bertz CT molecular complexity index is 2350. The van der Waals surface area contributed by atoms with Crippen molar-refractivity contribution in [3.05, 3.63) is 47.5 Å². The van der Waals surface area contributed by atoms with Crippen LogP contribution in [0.3, 0.4) is 0 Å². The number of anilines is 7. The van der Waals surface area contributed by atoms with E-state index in [-0.39, 0.29) is 112 Å². The lowest BCUT2D eigenvalue weighted by atomic mass is 10.1. The van der Waals surface area contributed by atoms with Crippen molar-refractivity contribution in [2.75, 3.05) is 97.4 Å². The molecule has 0 saturated heterocycles. The summed E-state index contributed by atoms with van der Waals surface area (Å²) in [5.74, 6) is -0.558. The van der Waals surface area contributed by atoms with Gasteiger partial charge in [-0.05, 0) is 35.4 Å². The van der Waals surface area contributed by atoms with Gasteiger partial charge in [-0.1, -0.05) is 29.3 Å². The highest BCUT2D eigenvalue weighted by Gasteiger charge is 2.17. The minimum absolute atomic E-state index is 0.00906. The fourth-order valence-corrected chi connectivity index (χ4v) is 6.51. The normalized spacial score (nSPS) is 12.0. The molecule has 0 aliphatic heterocycles. The topological polar surface area (TPSA) is 386 Å². The Morgan fingerprint density at radius 3 is 1.81 bits per heavy atom. The number of hydrogen-bond acceptors (Lipinski definition) is 27. The molecule has 0 aliphatic carbocycles. The van der Waals surface area contributed by atoms with E-state index >= 15 is 0 Å². The highest BCUT2D eigenvalue weighted by atomic mass is 32.2. The third kappa shape index (κ3) is 19.1. The number of aromatic nitrogens is 6. The van der Waals surface area contributed by atoms with Crippen LogP contribution in [0.15, 0.2) is 51.2 Å². The predicted octanol–water partition coefficient (Wildman–Crippen LogP) is 2.37. The number of ether oxygens (including phenoxy) is 2. The van der Waals surface area contributed by atoms with Gasteiger partial charge in [-0.25, -0.2) is 15.5 Å². The summed E-state index contributed by atoms with van der Waals surface area (Å²) in [6, 6.07) is 8.76. The quantitative estimate of drug-likeness (QED) is 0.00679. The van der Waals surface area contributed by atoms with Gasteiger partial charge in [-0.3, -0.25) is 9.11 Å². The Labute approximate surface area is 367 Å². The molecule has 344 valence electrons. The Hall–Kier alpha value is -4.97. The molecule has 11 N–H and O–H groups in total. The standard InChI is InChI=1S/C32H42N12O15S4/c45-11-15-55-13-7-33-27-39-29(35-9-17-60-59-57-47)43-32(42-27)38-24-6-4-22(26(20-24)63(52,53)54)2-1-21-3-5-23(19-25(21)61-58-48)37-31-41-28(34-8-14-56-16-12-46)40-30(44-31)36-10-18-62(49,50)51/h1-6,9,19-20,45-48H,7-8,10-18H2,(H,49,50,51)(H,52,53,54)(H2,33,38,39,42,43)(H3,34,36,37,40,41,44). The van der Waals surface area contributed by atoms with E-state index in [9.17, 15) is 26.6 Å². The second-order valence-corrected chi connectivity index (χ2v) is 16.2. The van der Waals surface area contributed by atoms with E-state index in [1.807, 2.05) is 0 Å². The Kier molecular flexibility index (Phi) is 21.4. The summed E-state index contributed by atoms with van der Waals surface area (Å²) in [5, 5.41) is 53.4. The Balaban J connectivity index is 1.57. The fraction of sp³-hybridized carbons (Fsp3) is 0.344. The number of hydrogen-bond donors (Lipinski definition) is 11. The highest BCUT2D eigenvalue weighted by Crippen LogP contribution is 2.31. The van der Waals surface area contributed by atoms with Gasteiger partial charge in [-0.2, -0.15) is 51.1 Å². The first-order valence-electron chi connectivity index (χ1n) is 17.9. The van der Waals surface area contributed by atoms with E-state index in [4.69, 9.17) is 29.5 Å². The maximum Gasteiger partial charge on any atom is 0.295 e. The monoisotopic (exact) mass is 962 g/mol. The van der Waals surface area contributed by atoms with Crippen molar-refractivity contribution < 1.29 is 69.8 Å². The second-order valence-electron chi connectivity index (χ2n) is 11.8. The smallest absolute Gasteiger partial charge is 0.295 e. The molecule has 27 nitrogen and oxygen atoms in total. The molecule has 0 spiro atoms. The third-order valence-corrected chi connectivity index (χ3v) is 9.93. The molecule has 4 rings (SSSR count). The molecule has 4 aromatic rings. The molecular weight excluding hydrogens is 921 g/mol. The first kappa shape index (κ1) is 50.7. The lowest BCUT2D eigenvalue weighted by molar-refractivity contribution is -0.432. The molecule has 2 heterocycles. The average molecular weight is 963 g/mol. The fourth-order valence-electron chi connectivity index (χ4n) is 4.71. The maximum absolute atomic E-state index is 12.6. The molecule has 2 aromatic carbocycles. The van der Waals surface area contributed by atoms with Gasteiger partial charge in [0.05, 0.1) is 63.2 Å². The second kappa shape index (κ2) is 26.6. The van der Waals surface area contributed by atoms with Gasteiger partial charge in [0.2, 0.25) is 29.7 Å². The van der Waals surface area contributed by atoms with Crippen molar-refractivity contribution in [3.63, 3.8) is 0 Å². The van der Waals surface area contributed by atoms with Crippen LogP contribution in [-0.2, 0) is 43.4 Å². The molecule has 0 unspecified atom stereocenters. The Morgan fingerprint density at radius 1 is 0.683 bits per heavy atom. The summed E-state index contributed by atoms with van der Waals surface area (Å²) in [6.07, 6.45) is 4.25. The maximum atomic E-state index is 12.6. The molecule has 0 amide bonds. The first-order chi connectivity index (χ1) is 30.3. The van der Waals surface area contributed by atoms with E-state index in [1.165, 1.54) is 36.6 Å². The molecule has 0 aliphatic rings. The number of rotatable bonds is 30. The summed E-state index contributed by atoms with van der Waals surface area (Å²) in [7, 11) is -9.10. The van der Waals surface area contributed by atoms with Crippen LogP contribution in [0.2, 0.25) is 0 Å². The average Bonchev–Trinajstić information content (AvgIpc) is 3.23. The minimum Gasteiger partial charge on any atom is -0.394 e.